The Kier molecular flexibility index (Phi) is 6.93. The van der Waals surface area contributed by atoms with Gasteiger partial charge < -0.3 is 9.53 Å². The van der Waals surface area contributed by atoms with E-state index in [4.69, 9.17) is 9.53 Å². The number of hydrogen-bond donors (Lipinski definition) is 1. The van der Waals surface area contributed by atoms with Crippen LogP contribution in [0.5, 0.6) is 0 Å². The molecule has 0 radical (unpaired) electrons. The normalized spacial score (nSPS) is 20.0. The van der Waals surface area contributed by atoms with E-state index in [-0.39, 0.29) is 10.6 Å². The standard InChI is InChI=1S/C23H30O3Si/c1-23(2,3)27(4,5)26-21-16-12-19(13-17-21)9-7-6-8-18-10-14-20(15-11-18)22(24)25/h10-11,14-15,19,21H,12-13,16-17H2,1-5H3,(H,24,25)/t19-,21+. The molecule has 144 valence electrons. The average molecular weight is 383 g/mol. The Hall–Kier alpha value is -2.01. The largest absolute Gasteiger partial charge is 0.478 e. The molecule has 0 heterocycles. The van der Waals surface area contributed by atoms with Crippen LogP contribution in [0.15, 0.2) is 24.3 Å². The van der Waals surface area contributed by atoms with Gasteiger partial charge in [0, 0.05) is 17.6 Å². The van der Waals surface area contributed by atoms with Crippen molar-refractivity contribution < 1.29 is 14.3 Å². The highest BCUT2D eigenvalue weighted by atomic mass is 28.4. The minimum Gasteiger partial charge on any atom is -0.478 e. The van der Waals surface area contributed by atoms with Crippen molar-refractivity contribution in [1.82, 2.24) is 0 Å². The maximum atomic E-state index is 10.8. The molecule has 0 bridgehead atoms. The minimum absolute atomic E-state index is 0.252. The molecule has 0 atom stereocenters. The summed E-state index contributed by atoms with van der Waals surface area (Å²) in [7, 11) is -1.69. The zero-order valence-corrected chi connectivity index (χ0v) is 18.1. The van der Waals surface area contributed by atoms with Gasteiger partial charge >= 0.3 is 5.97 Å². The van der Waals surface area contributed by atoms with E-state index in [9.17, 15) is 4.79 Å². The highest BCUT2D eigenvalue weighted by molar-refractivity contribution is 6.74. The quantitative estimate of drug-likeness (QED) is 0.568. The van der Waals surface area contributed by atoms with Gasteiger partial charge in [0.2, 0.25) is 0 Å². The number of rotatable bonds is 3. The number of carbonyl (C=O) groups is 1. The second-order valence-electron chi connectivity index (χ2n) is 8.75. The third kappa shape index (κ3) is 6.28. The number of carboxylic acid groups (broad SMARTS) is 1. The molecule has 1 saturated carbocycles. The van der Waals surface area contributed by atoms with E-state index >= 15 is 0 Å². The fourth-order valence-corrected chi connectivity index (χ4v) is 4.28. The molecule has 0 unspecified atom stereocenters. The van der Waals surface area contributed by atoms with Crippen LogP contribution in [0.4, 0.5) is 0 Å². The summed E-state index contributed by atoms with van der Waals surface area (Å²) in [5.41, 5.74) is 1.05. The molecule has 1 aromatic rings. The molecule has 0 amide bonds. The van der Waals surface area contributed by atoms with Gasteiger partial charge in [-0.2, -0.15) is 0 Å². The van der Waals surface area contributed by atoms with E-state index in [1.165, 1.54) is 0 Å². The molecule has 2 rings (SSSR count). The first-order valence-corrected chi connectivity index (χ1v) is 12.5. The van der Waals surface area contributed by atoms with Gasteiger partial charge in [0.25, 0.3) is 0 Å². The molecular formula is C23H30O3Si. The highest BCUT2D eigenvalue weighted by Gasteiger charge is 2.39. The number of carboxylic acids is 1. The molecule has 0 aliphatic heterocycles. The number of aromatic carboxylic acids is 1. The van der Waals surface area contributed by atoms with Crippen LogP contribution in [-0.4, -0.2) is 25.5 Å². The van der Waals surface area contributed by atoms with Crippen molar-refractivity contribution in [2.45, 2.75) is 70.7 Å². The summed E-state index contributed by atoms with van der Waals surface area (Å²) in [5, 5.41) is 9.14. The Morgan fingerprint density at radius 3 is 2.19 bits per heavy atom. The van der Waals surface area contributed by atoms with Gasteiger partial charge in [0.05, 0.1) is 5.56 Å². The molecule has 27 heavy (non-hydrogen) atoms. The van der Waals surface area contributed by atoms with Gasteiger partial charge in [0.15, 0.2) is 8.32 Å². The van der Waals surface area contributed by atoms with Crippen molar-refractivity contribution in [3.63, 3.8) is 0 Å². The molecular weight excluding hydrogens is 352 g/mol. The molecule has 0 spiro atoms. The first-order chi connectivity index (χ1) is 12.6. The van der Waals surface area contributed by atoms with Crippen molar-refractivity contribution in [3.8, 4) is 23.7 Å². The van der Waals surface area contributed by atoms with E-state index in [1.54, 1.807) is 24.3 Å². The van der Waals surface area contributed by atoms with Gasteiger partial charge in [-0.1, -0.05) is 32.6 Å². The van der Waals surface area contributed by atoms with E-state index in [1.807, 2.05) is 0 Å². The van der Waals surface area contributed by atoms with Gasteiger partial charge in [-0.15, -0.1) is 0 Å². The Morgan fingerprint density at radius 2 is 1.67 bits per heavy atom. The number of hydrogen-bond acceptors (Lipinski definition) is 2. The van der Waals surface area contributed by atoms with E-state index in [0.29, 0.717) is 12.0 Å². The third-order valence-electron chi connectivity index (χ3n) is 5.62. The van der Waals surface area contributed by atoms with E-state index < -0.39 is 14.3 Å². The molecule has 1 aliphatic carbocycles. The van der Waals surface area contributed by atoms with E-state index in [0.717, 1.165) is 31.2 Å². The molecule has 1 aromatic carbocycles. The Bertz CT molecular complexity index is 771. The van der Waals surface area contributed by atoms with Gasteiger partial charge in [-0.05, 0) is 79.9 Å². The van der Waals surface area contributed by atoms with Crippen molar-refractivity contribution in [2.24, 2.45) is 5.92 Å². The topological polar surface area (TPSA) is 46.5 Å². The zero-order valence-electron chi connectivity index (χ0n) is 17.1. The van der Waals surface area contributed by atoms with Crippen molar-refractivity contribution in [3.05, 3.63) is 35.4 Å². The summed E-state index contributed by atoms with van der Waals surface area (Å²) in [4.78, 5) is 10.8. The zero-order chi connectivity index (χ0) is 20.1. The molecule has 0 saturated heterocycles. The summed E-state index contributed by atoms with van der Waals surface area (Å²) >= 11 is 0. The first-order valence-electron chi connectivity index (χ1n) is 9.61. The van der Waals surface area contributed by atoms with Crippen molar-refractivity contribution >= 4 is 14.3 Å². The van der Waals surface area contributed by atoms with Crippen LogP contribution >= 0.6 is 0 Å². The Balaban J connectivity index is 1.84. The third-order valence-corrected chi connectivity index (χ3v) is 10.2. The lowest BCUT2D eigenvalue weighted by Gasteiger charge is -2.40. The SMILES string of the molecule is CC(C)(C)[Si](C)(C)O[C@H]1CC[C@@H](C#CC#Cc2ccc(C(=O)O)cc2)CC1. The fourth-order valence-electron chi connectivity index (χ4n) is 2.86. The van der Waals surface area contributed by atoms with Crippen LogP contribution in [-0.2, 0) is 4.43 Å². The lowest BCUT2D eigenvalue weighted by molar-refractivity contribution is 0.0697. The minimum atomic E-state index is -1.69. The van der Waals surface area contributed by atoms with Crippen LogP contribution in [0, 0.1) is 29.6 Å². The highest BCUT2D eigenvalue weighted by Crippen LogP contribution is 2.39. The summed E-state index contributed by atoms with van der Waals surface area (Å²) in [6, 6.07) is 6.54. The Morgan fingerprint density at radius 1 is 1.07 bits per heavy atom. The van der Waals surface area contributed by atoms with Gasteiger partial charge in [-0.25, -0.2) is 4.79 Å². The molecule has 0 aromatic heterocycles. The molecule has 1 fully saturated rings. The summed E-state index contributed by atoms with van der Waals surface area (Å²) in [5.74, 6) is 11.6. The summed E-state index contributed by atoms with van der Waals surface area (Å²) in [6.07, 6.45) is 4.68. The molecule has 4 heteroatoms. The lowest BCUT2D eigenvalue weighted by Crippen LogP contribution is -2.44. The monoisotopic (exact) mass is 382 g/mol. The average Bonchev–Trinajstić information content (AvgIpc) is 2.59. The number of benzene rings is 1. The van der Waals surface area contributed by atoms with Gasteiger partial charge in [0.1, 0.15) is 0 Å². The Labute approximate surface area is 164 Å². The maximum Gasteiger partial charge on any atom is 0.335 e. The summed E-state index contributed by atoms with van der Waals surface area (Å²) < 4.78 is 6.52. The second kappa shape index (κ2) is 8.78. The van der Waals surface area contributed by atoms with Crippen LogP contribution in [0.25, 0.3) is 0 Å². The predicted molar refractivity (Wildman–Crippen MR) is 112 cm³/mol. The van der Waals surface area contributed by atoms with Crippen molar-refractivity contribution in [2.75, 3.05) is 0 Å². The maximum absolute atomic E-state index is 10.8. The predicted octanol–water partition coefficient (Wildman–Crippen LogP) is 5.32. The lowest BCUT2D eigenvalue weighted by atomic mass is 9.88. The smallest absolute Gasteiger partial charge is 0.335 e. The van der Waals surface area contributed by atoms with Crippen LogP contribution < -0.4 is 0 Å². The first kappa shape index (κ1) is 21.3. The van der Waals surface area contributed by atoms with Crippen LogP contribution in [0.1, 0.15) is 62.4 Å². The molecule has 1 N–H and O–H groups in total. The van der Waals surface area contributed by atoms with Gasteiger partial charge in [-0.3, -0.25) is 0 Å². The van der Waals surface area contributed by atoms with Crippen LogP contribution in [0.2, 0.25) is 18.1 Å². The fraction of sp³-hybridized carbons (Fsp3) is 0.522. The molecule has 3 nitrogen and oxygen atoms in total. The van der Waals surface area contributed by atoms with Crippen molar-refractivity contribution in [1.29, 1.82) is 0 Å². The summed E-state index contributed by atoms with van der Waals surface area (Å²) in [6.45, 7) is 11.5. The van der Waals surface area contributed by atoms with E-state index in [2.05, 4.69) is 57.5 Å². The van der Waals surface area contributed by atoms with Crippen LogP contribution in [0.3, 0.4) is 0 Å². The second-order valence-corrected chi connectivity index (χ2v) is 13.5. The molecule has 1 aliphatic rings.